The number of hydrogen-bond donors (Lipinski definition) is 8. The number of amides is 4. The first-order valence-corrected chi connectivity index (χ1v) is 9.07. The number of aliphatic hydroxyl groups excluding tert-OH is 1. The molecule has 0 aromatic rings. The molecule has 0 heterocycles. The van der Waals surface area contributed by atoms with Crippen LogP contribution < -0.4 is 33.2 Å². The fraction of sp³-hybridized carbons (Fsp3) is 0.688. The number of rotatable bonds is 15. The molecule has 166 valence electrons. The van der Waals surface area contributed by atoms with Crippen LogP contribution in [0, 0.1) is 0 Å². The highest BCUT2D eigenvalue weighted by Gasteiger charge is 2.26. The van der Waals surface area contributed by atoms with Crippen molar-refractivity contribution in [3.63, 3.8) is 0 Å². The van der Waals surface area contributed by atoms with Crippen LogP contribution in [0.3, 0.4) is 0 Å². The second-order valence-corrected chi connectivity index (χ2v) is 6.32. The van der Waals surface area contributed by atoms with Crippen LogP contribution in [0.25, 0.3) is 0 Å². The molecule has 29 heavy (non-hydrogen) atoms. The van der Waals surface area contributed by atoms with Crippen LogP contribution in [0.4, 0.5) is 0 Å². The van der Waals surface area contributed by atoms with Crippen molar-refractivity contribution in [3.05, 3.63) is 0 Å². The van der Waals surface area contributed by atoms with Crippen molar-refractivity contribution < 1.29 is 34.2 Å². The molecule has 0 saturated heterocycles. The molecule has 0 aromatic carbocycles. The van der Waals surface area contributed by atoms with E-state index in [1.54, 1.807) is 0 Å². The Morgan fingerprint density at radius 2 is 1.59 bits per heavy atom. The van der Waals surface area contributed by atoms with E-state index in [1.165, 1.54) is 0 Å². The number of hydrogen-bond acceptors (Lipinski definition) is 8. The summed E-state index contributed by atoms with van der Waals surface area (Å²) in [6.45, 7) is -0.932. The number of carbonyl (C=O) groups is 5. The number of carbonyl (C=O) groups excluding carboxylic acids is 4. The van der Waals surface area contributed by atoms with Gasteiger partial charge >= 0.3 is 5.97 Å². The van der Waals surface area contributed by atoms with Crippen molar-refractivity contribution in [1.82, 2.24) is 16.0 Å². The first-order chi connectivity index (χ1) is 13.6. The Balaban J connectivity index is 4.54. The number of nitrogens with one attached hydrogen (secondary N) is 3. The molecule has 13 nitrogen and oxygen atoms in total. The molecular formula is C16H30N6O7. The van der Waals surface area contributed by atoms with E-state index in [-0.39, 0.29) is 19.3 Å². The Kier molecular flexibility index (Phi) is 12.9. The molecule has 0 radical (unpaired) electrons. The molecule has 0 saturated carbocycles. The van der Waals surface area contributed by atoms with Crippen LogP contribution in [-0.4, -0.2) is 77.6 Å². The average molecular weight is 418 g/mol. The zero-order chi connectivity index (χ0) is 22.4. The smallest absolute Gasteiger partial charge is 0.326 e. The van der Waals surface area contributed by atoms with Gasteiger partial charge in [0, 0.05) is 6.42 Å². The molecule has 0 fully saturated rings. The lowest BCUT2D eigenvalue weighted by Gasteiger charge is -2.20. The minimum atomic E-state index is -1.40. The molecule has 0 rings (SSSR count). The zero-order valence-corrected chi connectivity index (χ0v) is 16.1. The molecule has 3 atom stereocenters. The number of nitrogens with two attached hydrogens (primary N) is 3. The highest BCUT2D eigenvalue weighted by atomic mass is 16.4. The van der Waals surface area contributed by atoms with E-state index in [2.05, 4.69) is 16.0 Å². The maximum atomic E-state index is 12.1. The monoisotopic (exact) mass is 418 g/mol. The van der Waals surface area contributed by atoms with E-state index in [1.807, 2.05) is 0 Å². The van der Waals surface area contributed by atoms with Gasteiger partial charge in [-0.2, -0.15) is 0 Å². The van der Waals surface area contributed by atoms with Crippen LogP contribution in [0.2, 0.25) is 0 Å². The third-order valence-corrected chi connectivity index (χ3v) is 3.86. The van der Waals surface area contributed by atoms with Gasteiger partial charge in [0.2, 0.25) is 23.6 Å². The summed E-state index contributed by atoms with van der Waals surface area (Å²) >= 11 is 0. The largest absolute Gasteiger partial charge is 0.480 e. The van der Waals surface area contributed by atoms with Gasteiger partial charge in [-0.05, 0) is 32.2 Å². The number of aliphatic hydroxyl groups is 1. The van der Waals surface area contributed by atoms with E-state index < -0.39 is 60.9 Å². The Bertz CT molecular complexity index is 586. The quantitative estimate of drug-likeness (QED) is 0.120. The predicted molar refractivity (Wildman–Crippen MR) is 101 cm³/mol. The van der Waals surface area contributed by atoms with E-state index >= 15 is 0 Å². The Morgan fingerprint density at radius 1 is 0.931 bits per heavy atom. The molecule has 0 spiro atoms. The summed E-state index contributed by atoms with van der Waals surface area (Å²) in [7, 11) is 0. The highest BCUT2D eigenvalue weighted by molar-refractivity contribution is 5.92. The second-order valence-electron chi connectivity index (χ2n) is 6.32. The Hall–Kier alpha value is -2.77. The number of carboxylic acid groups (broad SMARTS) is 1. The average Bonchev–Trinajstić information content (AvgIpc) is 2.67. The normalized spacial score (nSPS) is 13.6. The number of aliphatic carboxylic acids is 1. The summed E-state index contributed by atoms with van der Waals surface area (Å²) in [6.07, 6.45) is 1.12. The zero-order valence-electron chi connectivity index (χ0n) is 16.1. The number of carboxylic acids is 1. The summed E-state index contributed by atoms with van der Waals surface area (Å²) in [5.74, 6) is -4.26. The lowest BCUT2D eigenvalue weighted by atomic mass is 10.1. The van der Waals surface area contributed by atoms with Gasteiger partial charge in [0.15, 0.2) is 0 Å². The molecule has 4 amide bonds. The van der Waals surface area contributed by atoms with Crippen LogP contribution >= 0.6 is 0 Å². The maximum Gasteiger partial charge on any atom is 0.326 e. The lowest BCUT2D eigenvalue weighted by molar-refractivity contribution is -0.142. The molecule has 0 aliphatic rings. The van der Waals surface area contributed by atoms with Crippen molar-refractivity contribution in [3.8, 4) is 0 Å². The van der Waals surface area contributed by atoms with Crippen LogP contribution in [0.1, 0.15) is 32.1 Å². The van der Waals surface area contributed by atoms with E-state index in [9.17, 15) is 29.1 Å². The van der Waals surface area contributed by atoms with Gasteiger partial charge in [0.1, 0.15) is 12.1 Å². The Labute approximate surface area is 167 Å². The van der Waals surface area contributed by atoms with Crippen LogP contribution in [0.15, 0.2) is 0 Å². The first-order valence-electron chi connectivity index (χ1n) is 9.07. The van der Waals surface area contributed by atoms with Gasteiger partial charge in [-0.1, -0.05) is 0 Å². The predicted octanol–water partition coefficient (Wildman–Crippen LogP) is -4.13. The Morgan fingerprint density at radius 3 is 2.10 bits per heavy atom. The van der Waals surface area contributed by atoms with Gasteiger partial charge in [-0.25, -0.2) is 4.79 Å². The third kappa shape index (κ3) is 11.6. The van der Waals surface area contributed by atoms with Crippen LogP contribution in [-0.2, 0) is 24.0 Å². The van der Waals surface area contributed by atoms with Crippen molar-refractivity contribution >= 4 is 29.6 Å². The summed E-state index contributed by atoms with van der Waals surface area (Å²) in [5.41, 5.74) is 15.8. The topological polar surface area (TPSA) is 240 Å². The maximum absolute atomic E-state index is 12.1. The summed E-state index contributed by atoms with van der Waals surface area (Å²) < 4.78 is 0. The third-order valence-electron chi connectivity index (χ3n) is 3.86. The van der Waals surface area contributed by atoms with Gasteiger partial charge in [0.25, 0.3) is 0 Å². The molecular weight excluding hydrogens is 388 g/mol. The van der Waals surface area contributed by atoms with Crippen molar-refractivity contribution in [1.29, 1.82) is 0 Å². The minimum absolute atomic E-state index is 0.00515. The molecule has 0 aliphatic heterocycles. The van der Waals surface area contributed by atoms with Crippen molar-refractivity contribution in [2.24, 2.45) is 17.2 Å². The van der Waals surface area contributed by atoms with Gasteiger partial charge in [-0.15, -0.1) is 0 Å². The van der Waals surface area contributed by atoms with E-state index in [0.717, 1.165) is 0 Å². The molecule has 13 heteroatoms. The highest BCUT2D eigenvalue weighted by Crippen LogP contribution is 2.01. The molecule has 0 aliphatic carbocycles. The molecule has 0 bridgehead atoms. The minimum Gasteiger partial charge on any atom is -0.480 e. The van der Waals surface area contributed by atoms with E-state index in [4.69, 9.17) is 22.3 Å². The summed E-state index contributed by atoms with van der Waals surface area (Å²) in [4.78, 5) is 57.6. The second kappa shape index (κ2) is 14.3. The van der Waals surface area contributed by atoms with Gasteiger partial charge in [-0.3, -0.25) is 19.2 Å². The summed E-state index contributed by atoms with van der Waals surface area (Å²) in [5, 5.41) is 25.1. The number of unbranched alkanes of at least 4 members (excludes halogenated alkanes) is 1. The standard InChI is InChI=1S/C16H30N6O7/c17-6-2-1-3-10(16(28)29)22-15(27)11(8-23)21-13(25)7-20-14(26)9(18)4-5-12(19)24/h9-11,23H,1-8,17-18H2,(H2,19,24)(H,20,26)(H,21,25)(H,22,27)(H,28,29)/t9-,10-,11-/m0/s1. The molecule has 0 unspecified atom stereocenters. The fourth-order valence-electron chi connectivity index (χ4n) is 2.19. The molecule has 11 N–H and O–H groups in total. The van der Waals surface area contributed by atoms with Gasteiger partial charge < -0.3 is 43.4 Å². The summed E-state index contributed by atoms with van der Waals surface area (Å²) in [6, 6.07) is -3.64. The van der Waals surface area contributed by atoms with Crippen molar-refractivity contribution in [2.75, 3.05) is 19.7 Å². The van der Waals surface area contributed by atoms with Crippen molar-refractivity contribution in [2.45, 2.75) is 50.2 Å². The lowest BCUT2D eigenvalue weighted by Crippen LogP contribution is -2.55. The molecule has 0 aromatic heterocycles. The van der Waals surface area contributed by atoms with Crippen LogP contribution in [0.5, 0.6) is 0 Å². The fourth-order valence-corrected chi connectivity index (χ4v) is 2.19. The van der Waals surface area contributed by atoms with Gasteiger partial charge in [0.05, 0.1) is 19.2 Å². The first kappa shape index (κ1) is 26.2. The SMILES string of the molecule is NCCCC[C@H](NC(=O)[C@H](CO)NC(=O)CNC(=O)[C@@H](N)CCC(N)=O)C(=O)O. The number of primary amides is 1. The van der Waals surface area contributed by atoms with E-state index in [0.29, 0.717) is 19.4 Å².